The quantitative estimate of drug-likeness (QED) is 0.253. The number of fused-ring (bicyclic) bond motifs is 8. The number of nitrogens with one attached hydrogen (secondary N) is 1. The molecule has 3 unspecified atom stereocenters. The molecule has 3 heterocycles. The minimum absolute atomic E-state index is 0.174. The fourth-order valence-electron chi connectivity index (χ4n) is 8.59. The van der Waals surface area contributed by atoms with Crippen LogP contribution in [0, 0.1) is 32.6 Å². The van der Waals surface area contributed by atoms with E-state index in [0.29, 0.717) is 11.8 Å². The summed E-state index contributed by atoms with van der Waals surface area (Å²) in [7, 11) is 0. The molecule has 0 bridgehead atoms. The average molecular weight is 576 g/mol. The summed E-state index contributed by atoms with van der Waals surface area (Å²) < 4.78 is 2.51. The Hall–Kier alpha value is -4.37. The number of benzene rings is 3. The molecule has 3 atom stereocenters. The largest absolute Gasteiger partial charge is 0.362 e. The van der Waals surface area contributed by atoms with Crippen LogP contribution in [0.1, 0.15) is 74.0 Å². The number of hydrogen-bond donors (Lipinski definition) is 1. The molecule has 3 nitrogen and oxygen atoms in total. The monoisotopic (exact) mass is 575 g/mol. The van der Waals surface area contributed by atoms with E-state index in [-0.39, 0.29) is 6.17 Å². The van der Waals surface area contributed by atoms with Crippen LogP contribution in [-0.4, -0.2) is 10.4 Å². The van der Waals surface area contributed by atoms with Gasteiger partial charge in [-0.2, -0.15) is 0 Å². The molecular weight excluding hydrogens is 534 g/mol. The van der Waals surface area contributed by atoms with E-state index in [9.17, 15) is 0 Å². The predicted octanol–water partition coefficient (Wildman–Crippen LogP) is 10.2. The summed E-state index contributed by atoms with van der Waals surface area (Å²) in [6.45, 7) is 13.6. The van der Waals surface area contributed by atoms with Crippen LogP contribution in [0.15, 0.2) is 112 Å². The number of aromatic nitrogens is 1. The van der Waals surface area contributed by atoms with E-state index in [1.54, 1.807) is 0 Å². The van der Waals surface area contributed by atoms with Crippen molar-refractivity contribution in [2.24, 2.45) is 16.8 Å². The first-order valence-electron chi connectivity index (χ1n) is 16.3. The Balaban J connectivity index is 1.51. The van der Waals surface area contributed by atoms with Crippen molar-refractivity contribution in [1.82, 2.24) is 9.88 Å². The van der Waals surface area contributed by atoms with Gasteiger partial charge in [0.15, 0.2) is 0 Å². The van der Waals surface area contributed by atoms with Gasteiger partial charge in [0.1, 0.15) is 12.0 Å². The maximum Gasteiger partial charge on any atom is 0.147 e. The molecule has 0 radical (unpaired) electrons. The van der Waals surface area contributed by atoms with Crippen LogP contribution < -0.4 is 5.32 Å². The second-order valence-electron chi connectivity index (χ2n) is 13.5. The molecule has 0 saturated carbocycles. The molecule has 3 aromatic carbocycles. The molecule has 8 rings (SSSR count). The van der Waals surface area contributed by atoms with Crippen molar-refractivity contribution in [1.29, 1.82) is 0 Å². The molecule has 0 saturated heterocycles. The van der Waals surface area contributed by atoms with Gasteiger partial charge in [-0.25, -0.2) is 4.99 Å². The Morgan fingerprint density at radius 1 is 0.841 bits per heavy atom. The van der Waals surface area contributed by atoms with Crippen LogP contribution >= 0.6 is 0 Å². The van der Waals surface area contributed by atoms with Crippen LogP contribution in [0.25, 0.3) is 27.4 Å². The zero-order valence-electron chi connectivity index (χ0n) is 26.8. The number of rotatable bonds is 2. The van der Waals surface area contributed by atoms with Gasteiger partial charge in [-0.05, 0) is 88.1 Å². The van der Waals surface area contributed by atoms with Crippen molar-refractivity contribution in [3.05, 3.63) is 135 Å². The maximum absolute atomic E-state index is 5.76. The van der Waals surface area contributed by atoms with Gasteiger partial charge in [-0.3, -0.25) is 4.57 Å². The highest BCUT2D eigenvalue weighted by atomic mass is 15.2. The lowest BCUT2D eigenvalue weighted by atomic mass is 9.79. The van der Waals surface area contributed by atoms with Gasteiger partial charge < -0.3 is 5.32 Å². The van der Waals surface area contributed by atoms with Crippen molar-refractivity contribution < 1.29 is 0 Å². The number of nitrogens with zero attached hydrogens (tertiary/aromatic N) is 2. The molecule has 1 aromatic heterocycles. The molecule has 1 N–H and O–H groups in total. The highest BCUT2D eigenvalue weighted by Gasteiger charge is 2.39. The number of hydrogen-bond acceptors (Lipinski definition) is 2. The van der Waals surface area contributed by atoms with Crippen LogP contribution in [-0.2, 0) is 0 Å². The first-order chi connectivity index (χ1) is 21.3. The molecule has 0 fully saturated rings. The molecule has 0 amide bonds. The van der Waals surface area contributed by atoms with Gasteiger partial charge in [0.2, 0.25) is 0 Å². The summed E-state index contributed by atoms with van der Waals surface area (Å²) in [5.74, 6) is 1.76. The number of aliphatic imine (C=N–C) groups is 1. The first-order valence-corrected chi connectivity index (χ1v) is 16.3. The summed E-state index contributed by atoms with van der Waals surface area (Å²) in [4.78, 5) is 5.76. The normalized spacial score (nSPS) is 23.0. The van der Waals surface area contributed by atoms with Crippen molar-refractivity contribution in [2.45, 2.75) is 67.0 Å². The number of aryl methyl sites for hydroxylation is 3. The Morgan fingerprint density at radius 2 is 1.57 bits per heavy atom. The summed E-state index contributed by atoms with van der Waals surface area (Å²) in [5.41, 5.74) is 17.1. The molecule has 4 aromatic rings. The van der Waals surface area contributed by atoms with E-state index < -0.39 is 0 Å². The lowest BCUT2D eigenvalue weighted by molar-refractivity contribution is 0.426. The highest BCUT2D eigenvalue weighted by molar-refractivity contribution is 6.25. The Bertz CT molecular complexity index is 2060. The summed E-state index contributed by atoms with van der Waals surface area (Å²) in [5, 5.41) is 6.73. The molecule has 3 heteroatoms. The summed E-state index contributed by atoms with van der Waals surface area (Å²) in [6, 6.07) is 20.4. The van der Waals surface area contributed by atoms with E-state index in [1.165, 1.54) is 83.2 Å². The minimum atomic E-state index is -0.174. The van der Waals surface area contributed by atoms with E-state index >= 15 is 0 Å². The third-order valence-corrected chi connectivity index (χ3v) is 10.2. The zero-order chi connectivity index (χ0) is 30.3. The van der Waals surface area contributed by atoms with Crippen molar-refractivity contribution in [2.75, 3.05) is 0 Å². The maximum atomic E-state index is 5.76. The third-order valence-electron chi connectivity index (χ3n) is 10.2. The van der Waals surface area contributed by atoms with Gasteiger partial charge in [-0.1, -0.05) is 96.5 Å². The number of allylic oxidation sites excluding steroid dienone is 10. The third kappa shape index (κ3) is 4.05. The van der Waals surface area contributed by atoms with Crippen LogP contribution in [0.2, 0.25) is 0 Å². The average Bonchev–Trinajstić information content (AvgIpc) is 3.18. The zero-order valence-corrected chi connectivity index (χ0v) is 26.8. The van der Waals surface area contributed by atoms with Crippen LogP contribution in [0.3, 0.4) is 0 Å². The van der Waals surface area contributed by atoms with Gasteiger partial charge in [-0.15, -0.1) is 0 Å². The smallest absolute Gasteiger partial charge is 0.147 e. The summed E-state index contributed by atoms with van der Waals surface area (Å²) >= 11 is 0. The SMILES string of the molecule is CC1=CC(C)C(C2=C3C4=CCCC=C4c4cccc5c6ccccc6n(c45)C3=NC(c3c(C)cc(C)cc3C)N2)CC(C)=C1. The van der Waals surface area contributed by atoms with Crippen molar-refractivity contribution in [3.63, 3.8) is 0 Å². The lowest BCUT2D eigenvalue weighted by Gasteiger charge is -2.36. The first kappa shape index (κ1) is 27.2. The van der Waals surface area contributed by atoms with Gasteiger partial charge in [0, 0.05) is 39.1 Å². The number of para-hydroxylation sites is 2. The van der Waals surface area contributed by atoms with Gasteiger partial charge in [0.05, 0.1) is 11.0 Å². The molecule has 44 heavy (non-hydrogen) atoms. The fraction of sp³-hybridized carbons (Fsp3) is 0.293. The Labute approximate surface area is 261 Å². The van der Waals surface area contributed by atoms with E-state index in [0.717, 1.165) is 25.1 Å². The lowest BCUT2D eigenvalue weighted by Crippen LogP contribution is -2.37. The summed E-state index contributed by atoms with van der Waals surface area (Å²) in [6.07, 6.45) is 12.8. The Morgan fingerprint density at radius 3 is 2.36 bits per heavy atom. The van der Waals surface area contributed by atoms with Crippen molar-refractivity contribution in [3.8, 4) is 0 Å². The van der Waals surface area contributed by atoms with E-state index in [4.69, 9.17) is 4.99 Å². The standard InChI is InChI=1S/C41H41N3/c1-23-18-24(2)22-34(26(4)19-23)38-37-31-14-8-7-12-29(31)32-15-11-16-33-30-13-9-10-17-35(30)44(39(32)33)41(37)43-40(42-38)36-27(5)20-25(3)21-28(36)6/h9-21,26,34,40,42H,7-8,22H2,1-6H3. The topological polar surface area (TPSA) is 29.3 Å². The fourth-order valence-corrected chi connectivity index (χ4v) is 8.59. The second-order valence-corrected chi connectivity index (χ2v) is 13.5. The van der Waals surface area contributed by atoms with Crippen LogP contribution in [0.4, 0.5) is 0 Å². The minimum Gasteiger partial charge on any atom is -0.362 e. The highest BCUT2D eigenvalue weighted by Crippen LogP contribution is 2.48. The molecule has 2 aliphatic carbocycles. The van der Waals surface area contributed by atoms with E-state index in [1.807, 2.05) is 0 Å². The Kier molecular flexibility index (Phi) is 6.24. The van der Waals surface area contributed by atoms with Gasteiger partial charge >= 0.3 is 0 Å². The molecule has 2 aliphatic heterocycles. The van der Waals surface area contributed by atoms with Crippen LogP contribution in [0.5, 0.6) is 0 Å². The van der Waals surface area contributed by atoms with Crippen molar-refractivity contribution >= 4 is 33.2 Å². The molecule has 4 aliphatic rings. The molecule has 220 valence electrons. The predicted molar refractivity (Wildman–Crippen MR) is 186 cm³/mol. The second kappa shape index (κ2) is 10.1. The molecule has 0 spiro atoms. The van der Waals surface area contributed by atoms with E-state index in [2.05, 4.69) is 130 Å². The van der Waals surface area contributed by atoms with Gasteiger partial charge in [0.25, 0.3) is 0 Å². The molecular formula is C41H41N3.